The maximum atomic E-state index is 13.7. The molecule has 1 fully saturated rings. The molecule has 0 saturated carbocycles. The number of methoxy groups -OCH3 is 1. The van der Waals surface area contributed by atoms with Crippen LogP contribution in [-0.4, -0.2) is 44.9 Å². The molecule has 0 unspecified atom stereocenters. The lowest BCUT2D eigenvalue weighted by Crippen LogP contribution is -2.37. The van der Waals surface area contributed by atoms with Crippen molar-refractivity contribution in [2.45, 2.75) is 12.8 Å². The van der Waals surface area contributed by atoms with Crippen LogP contribution >= 0.6 is 0 Å². The van der Waals surface area contributed by atoms with Crippen molar-refractivity contribution in [1.82, 2.24) is 4.90 Å². The summed E-state index contributed by atoms with van der Waals surface area (Å²) in [5.41, 5.74) is 0.329. The molecule has 0 aromatic heterocycles. The van der Waals surface area contributed by atoms with Crippen molar-refractivity contribution in [2.24, 2.45) is 0 Å². The smallest absolute Gasteiger partial charge is 0.165 e. The second-order valence-corrected chi connectivity index (χ2v) is 4.60. The highest BCUT2D eigenvalue weighted by Crippen LogP contribution is 2.26. The number of nitrogens with zero attached hydrogens (tertiary/aromatic N) is 1. The van der Waals surface area contributed by atoms with Gasteiger partial charge in [0.05, 0.1) is 20.3 Å². The lowest BCUT2D eigenvalue weighted by atomic mass is 10.1. The Kier molecular flexibility index (Phi) is 5.10. The average molecular weight is 271 g/mol. The van der Waals surface area contributed by atoms with Crippen LogP contribution in [0.25, 0.3) is 0 Å². The summed E-state index contributed by atoms with van der Waals surface area (Å²) < 4.78 is 37.4. The lowest BCUT2D eigenvalue weighted by molar-refractivity contribution is 0.0374. The van der Waals surface area contributed by atoms with E-state index in [1.807, 2.05) is 0 Å². The molecule has 5 heteroatoms. The topological polar surface area (TPSA) is 21.7 Å². The van der Waals surface area contributed by atoms with E-state index in [0.29, 0.717) is 12.0 Å². The molecule has 0 atom stereocenters. The van der Waals surface area contributed by atoms with Crippen LogP contribution in [0.3, 0.4) is 0 Å². The number of morpholine rings is 1. The molecule has 0 amide bonds. The Morgan fingerprint density at radius 1 is 1.21 bits per heavy atom. The van der Waals surface area contributed by atoms with Crippen LogP contribution in [0.15, 0.2) is 12.1 Å². The number of rotatable bonds is 5. The van der Waals surface area contributed by atoms with E-state index < -0.39 is 11.6 Å². The van der Waals surface area contributed by atoms with Crippen molar-refractivity contribution in [1.29, 1.82) is 0 Å². The SMILES string of the molecule is COc1c(F)ccc(F)c1CCCN1CCOCC1. The van der Waals surface area contributed by atoms with Gasteiger partial charge in [-0.25, -0.2) is 8.78 Å². The van der Waals surface area contributed by atoms with Gasteiger partial charge in [0.1, 0.15) is 5.82 Å². The van der Waals surface area contributed by atoms with E-state index in [2.05, 4.69) is 4.90 Å². The highest BCUT2D eigenvalue weighted by atomic mass is 19.1. The van der Waals surface area contributed by atoms with Crippen molar-refractivity contribution in [3.8, 4) is 5.75 Å². The summed E-state index contributed by atoms with van der Waals surface area (Å²) in [4.78, 5) is 2.27. The van der Waals surface area contributed by atoms with E-state index >= 15 is 0 Å². The van der Waals surface area contributed by atoms with Crippen LogP contribution in [0.4, 0.5) is 8.78 Å². The van der Waals surface area contributed by atoms with Gasteiger partial charge in [0.2, 0.25) is 0 Å². The summed E-state index contributed by atoms with van der Waals surface area (Å²) in [5.74, 6) is -0.882. The highest BCUT2D eigenvalue weighted by Gasteiger charge is 2.15. The first kappa shape index (κ1) is 14.2. The van der Waals surface area contributed by atoms with Crippen molar-refractivity contribution in [3.63, 3.8) is 0 Å². The fraction of sp³-hybridized carbons (Fsp3) is 0.571. The van der Waals surface area contributed by atoms with Gasteiger partial charge in [-0.1, -0.05) is 0 Å². The maximum absolute atomic E-state index is 13.7. The monoisotopic (exact) mass is 271 g/mol. The average Bonchev–Trinajstić information content (AvgIpc) is 2.44. The first-order valence-electron chi connectivity index (χ1n) is 6.53. The first-order valence-corrected chi connectivity index (χ1v) is 6.53. The molecule has 1 saturated heterocycles. The van der Waals surface area contributed by atoms with Gasteiger partial charge < -0.3 is 9.47 Å². The molecule has 1 aliphatic heterocycles. The Balaban J connectivity index is 1.93. The maximum Gasteiger partial charge on any atom is 0.165 e. The minimum Gasteiger partial charge on any atom is -0.493 e. The van der Waals surface area contributed by atoms with E-state index in [-0.39, 0.29) is 5.75 Å². The molecule has 1 aromatic carbocycles. The van der Waals surface area contributed by atoms with Gasteiger partial charge in [0.25, 0.3) is 0 Å². The summed E-state index contributed by atoms with van der Waals surface area (Å²) >= 11 is 0. The Labute approximate surface area is 112 Å². The number of ether oxygens (including phenoxy) is 2. The summed E-state index contributed by atoms with van der Waals surface area (Å²) in [6.45, 7) is 4.17. The normalized spacial score (nSPS) is 16.6. The van der Waals surface area contributed by atoms with E-state index in [4.69, 9.17) is 9.47 Å². The number of hydrogen-bond donors (Lipinski definition) is 0. The van der Waals surface area contributed by atoms with Gasteiger partial charge in [-0.3, -0.25) is 4.90 Å². The summed E-state index contributed by atoms with van der Waals surface area (Å²) in [7, 11) is 1.36. The zero-order valence-electron chi connectivity index (χ0n) is 11.1. The van der Waals surface area contributed by atoms with E-state index in [0.717, 1.165) is 51.4 Å². The third-order valence-electron chi connectivity index (χ3n) is 3.36. The minimum absolute atomic E-state index is 0.0296. The Hall–Kier alpha value is -1.20. The molecule has 3 nitrogen and oxygen atoms in total. The van der Waals surface area contributed by atoms with Gasteiger partial charge in [-0.15, -0.1) is 0 Å². The fourth-order valence-electron chi connectivity index (χ4n) is 2.33. The predicted molar refractivity (Wildman–Crippen MR) is 68.5 cm³/mol. The molecular formula is C14H19F2NO2. The number of benzene rings is 1. The molecular weight excluding hydrogens is 252 g/mol. The summed E-state index contributed by atoms with van der Waals surface area (Å²) in [6.07, 6.45) is 1.25. The van der Waals surface area contributed by atoms with Crippen LogP contribution in [0.2, 0.25) is 0 Å². The van der Waals surface area contributed by atoms with Crippen LogP contribution in [0.1, 0.15) is 12.0 Å². The van der Waals surface area contributed by atoms with Crippen LogP contribution in [0.5, 0.6) is 5.75 Å². The standard InChI is InChI=1S/C14H19F2NO2/c1-18-14-11(12(15)4-5-13(14)16)3-2-6-17-7-9-19-10-8-17/h4-5H,2-3,6-10H2,1H3. The molecule has 106 valence electrons. The molecule has 1 aliphatic rings. The molecule has 0 bridgehead atoms. The molecule has 1 aromatic rings. The van der Waals surface area contributed by atoms with Gasteiger partial charge >= 0.3 is 0 Å². The largest absolute Gasteiger partial charge is 0.493 e. The number of halogens is 2. The third kappa shape index (κ3) is 3.64. The van der Waals surface area contributed by atoms with E-state index in [1.165, 1.54) is 7.11 Å². The van der Waals surface area contributed by atoms with Gasteiger partial charge in [0.15, 0.2) is 11.6 Å². The van der Waals surface area contributed by atoms with Crippen LogP contribution in [-0.2, 0) is 11.2 Å². The Bertz CT molecular complexity index is 420. The molecule has 0 N–H and O–H groups in total. The molecule has 19 heavy (non-hydrogen) atoms. The van der Waals surface area contributed by atoms with Gasteiger partial charge in [0, 0.05) is 18.7 Å². The molecule has 1 heterocycles. The molecule has 0 aliphatic carbocycles. The second kappa shape index (κ2) is 6.82. The van der Waals surface area contributed by atoms with Crippen molar-refractivity contribution < 1.29 is 18.3 Å². The second-order valence-electron chi connectivity index (χ2n) is 4.60. The predicted octanol–water partition coefficient (Wildman–Crippen LogP) is 2.24. The lowest BCUT2D eigenvalue weighted by Gasteiger charge is -2.26. The summed E-state index contributed by atoms with van der Waals surface area (Å²) in [6, 6.07) is 2.25. The van der Waals surface area contributed by atoms with E-state index in [9.17, 15) is 8.78 Å². The quantitative estimate of drug-likeness (QED) is 0.820. The molecule has 0 spiro atoms. The fourth-order valence-corrected chi connectivity index (χ4v) is 2.33. The Morgan fingerprint density at radius 3 is 2.58 bits per heavy atom. The van der Waals surface area contributed by atoms with Crippen molar-refractivity contribution in [2.75, 3.05) is 40.0 Å². The van der Waals surface area contributed by atoms with Crippen LogP contribution < -0.4 is 4.74 Å². The first-order chi connectivity index (χ1) is 9.22. The van der Waals surface area contributed by atoms with Crippen molar-refractivity contribution in [3.05, 3.63) is 29.3 Å². The van der Waals surface area contributed by atoms with Crippen LogP contribution in [0, 0.1) is 11.6 Å². The molecule has 2 rings (SSSR count). The van der Waals surface area contributed by atoms with Gasteiger partial charge in [-0.05, 0) is 31.5 Å². The molecule has 0 radical (unpaired) electrons. The van der Waals surface area contributed by atoms with Gasteiger partial charge in [-0.2, -0.15) is 0 Å². The zero-order valence-corrected chi connectivity index (χ0v) is 11.1. The number of hydrogen-bond acceptors (Lipinski definition) is 3. The summed E-state index contributed by atoms with van der Waals surface area (Å²) in [5, 5.41) is 0. The zero-order chi connectivity index (χ0) is 13.7. The minimum atomic E-state index is -0.509. The Morgan fingerprint density at radius 2 is 1.89 bits per heavy atom. The van der Waals surface area contributed by atoms with E-state index in [1.54, 1.807) is 0 Å². The highest BCUT2D eigenvalue weighted by molar-refractivity contribution is 5.36. The van der Waals surface area contributed by atoms with Crippen molar-refractivity contribution >= 4 is 0 Å². The third-order valence-corrected chi connectivity index (χ3v) is 3.36.